The molecule has 2 aromatic carbocycles. The first-order chi connectivity index (χ1) is 14.9. The van der Waals surface area contributed by atoms with Crippen molar-refractivity contribution in [1.29, 1.82) is 0 Å². The van der Waals surface area contributed by atoms with Crippen molar-refractivity contribution in [2.75, 3.05) is 13.1 Å². The second-order valence-corrected chi connectivity index (χ2v) is 10.0. The number of rotatable bonds is 7. The van der Waals surface area contributed by atoms with Gasteiger partial charge in [-0.1, -0.05) is 48.5 Å². The Morgan fingerprint density at radius 2 is 1.65 bits per heavy atom. The van der Waals surface area contributed by atoms with Gasteiger partial charge in [-0.05, 0) is 43.4 Å². The van der Waals surface area contributed by atoms with Gasteiger partial charge < -0.3 is 4.90 Å². The van der Waals surface area contributed by atoms with E-state index in [0.29, 0.717) is 31.5 Å². The van der Waals surface area contributed by atoms with E-state index < -0.39 is 10.0 Å². The highest BCUT2D eigenvalue weighted by atomic mass is 32.2. The lowest BCUT2D eigenvalue weighted by molar-refractivity contribution is -0.138. The minimum atomic E-state index is -3.53. The van der Waals surface area contributed by atoms with E-state index >= 15 is 0 Å². The molecule has 0 atom stereocenters. The Labute approximate surface area is 183 Å². The minimum Gasteiger partial charge on any atom is -0.335 e. The predicted molar refractivity (Wildman–Crippen MR) is 119 cm³/mol. The summed E-state index contributed by atoms with van der Waals surface area (Å²) in [4.78, 5) is 15.0. The SMILES string of the molecule is O=C(C1CCN(S(=O)(=O)/C=C/c2ccccc2)CC1)N(Cc1ccccc1F)C1CC1. The van der Waals surface area contributed by atoms with Crippen LogP contribution in [-0.4, -0.2) is 42.7 Å². The van der Waals surface area contributed by atoms with Crippen LogP contribution < -0.4 is 0 Å². The topological polar surface area (TPSA) is 57.7 Å². The van der Waals surface area contributed by atoms with Gasteiger partial charge in [0.05, 0.1) is 0 Å². The molecule has 4 rings (SSSR count). The van der Waals surface area contributed by atoms with Gasteiger partial charge in [0.25, 0.3) is 0 Å². The van der Waals surface area contributed by atoms with Crippen LogP contribution in [0.15, 0.2) is 60.0 Å². The van der Waals surface area contributed by atoms with Crippen molar-refractivity contribution < 1.29 is 17.6 Å². The first kappa shape index (κ1) is 21.7. The van der Waals surface area contributed by atoms with Crippen LogP contribution in [0, 0.1) is 11.7 Å². The molecule has 2 aromatic rings. The van der Waals surface area contributed by atoms with Crippen LogP contribution in [0.3, 0.4) is 0 Å². The molecule has 1 aliphatic carbocycles. The second-order valence-electron chi connectivity index (χ2n) is 8.22. The zero-order chi connectivity index (χ0) is 21.8. The third-order valence-electron chi connectivity index (χ3n) is 5.96. The van der Waals surface area contributed by atoms with Crippen molar-refractivity contribution in [2.45, 2.75) is 38.3 Å². The number of hydrogen-bond acceptors (Lipinski definition) is 3. The van der Waals surface area contributed by atoms with Gasteiger partial charge in [-0.25, -0.2) is 12.8 Å². The van der Waals surface area contributed by atoms with Crippen molar-refractivity contribution in [3.05, 3.63) is 76.9 Å². The molecule has 1 aliphatic heterocycles. The lowest BCUT2D eigenvalue weighted by Gasteiger charge is -2.33. The van der Waals surface area contributed by atoms with Crippen LogP contribution in [0.2, 0.25) is 0 Å². The average molecular weight is 443 g/mol. The average Bonchev–Trinajstić information content (AvgIpc) is 3.63. The fourth-order valence-electron chi connectivity index (χ4n) is 3.99. The fourth-order valence-corrected chi connectivity index (χ4v) is 5.21. The standard InChI is InChI=1S/C24H27FN2O3S/c25-23-9-5-4-8-21(23)18-27(22-10-11-22)24(28)20-12-15-26(16-13-20)31(29,30)17-14-19-6-2-1-3-7-19/h1-9,14,17,20,22H,10-13,15-16,18H2/b17-14+. The molecule has 0 spiro atoms. The van der Waals surface area contributed by atoms with E-state index in [-0.39, 0.29) is 30.2 Å². The minimum absolute atomic E-state index is 0.0163. The van der Waals surface area contributed by atoms with Gasteiger partial charge in [0, 0.05) is 42.6 Å². The summed E-state index contributed by atoms with van der Waals surface area (Å²) in [6.45, 7) is 0.903. The van der Waals surface area contributed by atoms with Crippen LogP contribution in [0.1, 0.15) is 36.8 Å². The number of carbonyl (C=O) groups excluding carboxylic acids is 1. The molecular weight excluding hydrogens is 415 g/mol. The Morgan fingerprint density at radius 3 is 2.29 bits per heavy atom. The molecule has 7 heteroatoms. The summed E-state index contributed by atoms with van der Waals surface area (Å²) in [7, 11) is -3.53. The Balaban J connectivity index is 1.37. The maximum atomic E-state index is 14.1. The number of carbonyl (C=O) groups is 1. The highest BCUT2D eigenvalue weighted by Crippen LogP contribution is 2.32. The summed E-state index contributed by atoms with van der Waals surface area (Å²) >= 11 is 0. The van der Waals surface area contributed by atoms with E-state index in [1.54, 1.807) is 29.2 Å². The van der Waals surface area contributed by atoms with Crippen LogP contribution in [0.5, 0.6) is 0 Å². The number of nitrogens with zero attached hydrogens (tertiary/aromatic N) is 2. The summed E-state index contributed by atoms with van der Waals surface area (Å²) in [6.07, 6.45) is 4.45. The normalized spacial score (nSPS) is 18.4. The molecular formula is C24H27FN2O3S. The second kappa shape index (κ2) is 9.32. The Bertz CT molecular complexity index is 1040. The molecule has 0 aromatic heterocycles. The van der Waals surface area contributed by atoms with E-state index in [1.165, 1.54) is 15.8 Å². The van der Waals surface area contributed by atoms with Gasteiger partial charge >= 0.3 is 0 Å². The molecule has 1 saturated heterocycles. The van der Waals surface area contributed by atoms with Crippen LogP contribution in [-0.2, 0) is 21.4 Å². The molecule has 31 heavy (non-hydrogen) atoms. The van der Waals surface area contributed by atoms with Gasteiger partial charge in [0.15, 0.2) is 0 Å². The van der Waals surface area contributed by atoms with Crippen molar-refractivity contribution >= 4 is 22.0 Å². The number of hydrogen-bond donors (Lipinski definition) is 0. The molecule has 0 unspecified atom stereocenters. The summed E-state index contributed by atoms with van der Waals surface area (Å²) in [5, 5.41) is 1.24. The maximum Gasteiger partial charge on any atom is 0.236 e. The van der Waals surface area contributed by atoms with Crippen molar-refractivity contribution in [3.63, 3.8) is 0 Å². The molecule has 0 bridgehead atoms. The number of halogens is 1. The van der Waals surface area contributed by atoms with E-state index in [0.717, 1.165) is 18.4 Å². The van der Waals surface area contributed by atoms with Gasteiger partial charge in [0.2, 0.25) is 15.9 Å². The smallest absolute Gasteiger partial charge is 0.236 e. The zero-order valence-electron chi connectivity index (χ0n) is 17.4. The monoisotopic (exact) mass is 442 g/mol. The molecule has 0 radical (unpaired) electrons. The molecule has 2 aliphatic rings. The molecule has 1 amide bonds. The van der Waals surface area contributed by atoms with Crippen LogP contribution in [0.25, 0.3) is 6.08 Å². The summed E-state index contributed by atoms with van der Waals surface area (Å²) in [5.41, 5.74) is 1.35. The van der Waals surface area contributed by atoms with Crippen molar-refractivity contribution in [1.82, 2.24) is 9.21 Å². The molecule has 164 valence electrons. The fraction of sp³-hybridized carbons (Fsp3) is 0.375. The maximum absolute atomic E-state index is 14.1. The molecule has 1 heterocycles. The lowest BCUT2D eigenvalue weighted by Crippen LogP contribution is -2.44. The predicted octanol–water partition coefficient (Wildman–Crippen LogP) is 4.03. The van der Waals surface area contributed by atoms with Gasteiger partial charge in [-0.15, -0.1) is 0 Å². The number of benzene rings is 2. The van der Waals surface area contributed by atoms with Crippen LogP contribution >= 0.6 is 0 Å². The number of piperidine rings is 1. The Hall–Kier alpha value is -2.51. The third-order valence-corrected chi connectivity index (χ3v) is 7.53. The molecule has 0 N–H and O–H groups in total. The number of amides is 1. The highest BCUT2D eigenvalue weighted by molar-refractivity contribution is 7.92. The van der Waals surface area contributed by atoms with E-state index in [9.17, 15) is 17.6 Å². The van der Waals surface area contributed by atoms with Gasteiger partial charge in [-0.3, -0.25) is 4.79 Å². The lowest BCUT2D eigenvalue weighted by atomic mass is 9.96. The van der Waals surface area contributed by atoms with E-state index in [4.69, 9.17) is 0 Å². The molecule has 1 saturated carbocycles. The molecule has 2 fully saturated rings. The first-order valence-electron chi connectivity index (χ1n) is 10.7. The zero-order valence-corrected chi connectivity index (χ0v) is 18.2. The van der Waals surface area contributed by atoms with Crippen molar-refractivity contribution in [3.8, 4) is 0 Å². The summed E-state index contributed by atoms with van der Waals surface area (Å²) in [6, 6.07) is 16.0. The Morgan fingerprint density at radius 1 is 1.00 bits per heavy atom. The highest BCUT2D eigenvalue weighted by Gasteiger charge is 2.38. The van der Waals surface area contributed by atoms with Crippen molar-refractivity contribution in [2.24, 2.45) is 5.92 Å². The number of sulfonamides is 1. The first-order valence-corrected chi connectivity index (χ1v) is 12.2. The third kappa shape index (κ3) is 5.40. The largest absolute Gasteiger partial charge is 0.335 e. The molecule has 5 nitrogen and oxygen atoms in total. The van der Waals surface area contributed by atoms with E-state index in [1.807, 2.05) is 30.3 Å². The van der Waals surface area contributed by atoms with E-state index in [2.05, 4.69) is 0 Å². The summed E-state index contributed by atoms with van der Waals surface area (Å²) in [5.74, 6) is -0.508. The van der Waals surface area contributed by atoms with Crippen LogP contribution in [0.4, 0.5) is 4.39 Å². The van der Waals surface area contributed by atoms with Gasteiger partial charge in [0.1, 0.15) is 5.82 Å². The Kier molecular flexibility index (Phi) is 6.53. The summed E-state index contributed by atoms with van der Waals surface area (Å²) < 4.78 is 40.9. The van der Waals surface area contributed by atoms with Gasteiger partial charge in [-0.2, -0.15) is 4.31 Å². The quantitative estimate of drug-likeness (QED) is 0.651.